The summed E-state index contributed by atoms with van der Waals surface area (Å²) in [7, 11) is 0. The number of carbonyl (C=O) groups is 1. The Kier molecular flexibility index (Phi) is 4.69. The van der Waals surface area contributed by atoms with Crippen molar-refractivity contribution in [1.82, 2.24) is 4.98 Å². The molecule has 0 aliphatic heterocycles. The van der Waals surface area contributed by atoms with Crippen molar-refractivity contribution in [2.24, 2.45) is 0 Å². The maximum Gasteiger partial charge on any atom is 0.314 e. The minimum atomic E-state index is -0.922. The maximum absolute atomic E-state index is 10.7. The highest BCUT2D eigenvalue weighted by molar-refractivity contribution is 7.99. The molecule has 0 unspecified atom stereocenters. The molecule has 116 valence electrons. The first-order valence-electron chi connectivity index (χ1n) is 6.81. The molecule has 3 rings (SSSR count). The molecule has 23 heavy (non-hydrogen) atoms. The highest BCUT2D eigenvalue weighted by atomic mass is 35.5. The minimum absolute atomic E-state index is 0.114. The molecule has 4 nitrogen and oxygen atoms in total. The van der Waals surface area contributed by atoms with Crippen LogP contribution in [0.15, 0.2) is 64.2 Å². The Morgan fingerprint density at radius 1 is 1.13 bits per heavy atom. The highest BCUT2D eigenvalue weighted by Crippen LogP contribution is 2.38. The van der Waals surface area contributed by atoms with Gasteiger partial charge in [0.15, 0.2) is 5.76 Å². The molecule has 0 bridgehead atoms. The highest BCUT2D eigenvalue weighted by Gasteiger charge is 2.19. The van der Waals surface area contributed by atoms with Gasteiger partial charge < -0.3 is 9.52 Å². The number of nitrogens with zero attached hydrogens (tertiary/aromatic N) is 1. The fourth-order valence-electron chi connectivity index (χ4n) is 2.11. The third-order valence-electron chi connectivity index (χ3n) is 3.09. The van der Waals surface area contributed by atoms with Crippen molar-refractivity contribution in [2.75, 3.05) is 5.75 Å². The summed E-state index contributed by atoms with van der Waals surface area (Å²) in [5.41, 5.74) is 2.25. The Morgan fingerprint density at radius 3 is 2.52 bits per heavy atom. The van der Waals surface area contributed by atoms with Gasteiger partial charge in [0.05, 0.1) is 5.02 Å². The van der Waals surface area contributed by atoms with Crippen LogP contribution in [0.4, 0.5) is 0 Å². The number of hydrogen-bond donors (Lipinski definition) is 1. The molecule has 1 aromatic heterocycles. The number of oxazole rings is 1. The molecule has 3 aromatic rings. The molecule has 0 aliphatic rings. The second-order valence-electron chi connectivity index (χ2n) is 4.69. The van der Waals surface area contributed by atoms with Crippen LogP contribution in [0.3, 0.4) is 0 Å². The average molecular weight is 346 g/mol. The van der Waals surface area contributed by atoms with Crippen LogP contribution in [-0.2, 0) is 4.79 Å². The van der Waals surface area contributed by atoms with Gasteiger partial charge in [-0.2, -0.15) is 0 Å². The van der Waals surface area contributed by atoms with Crippen LogP contribution in [0.5, 0.6) is 0 Å². The van der Waals surface area contributed by atoms with Gasteiger partial charge in [-0.05, 0) is 12.1 Å². The first-order chi connectivity index (χ1) is 11.1. The van der Waals surface area contributed by atoms with E-state index >= 15 is 0 Å². The van der Waals surface area contributed by atoms with Crippen molar-refractivity contribution < 1.29 is 14.3 Å². The van der Waals surface area contributed by atoms with Gasteiger partial charge in [0, 0.05) is 11.1 Å². The number of aliphatic carboxylic acids is 1. The molecule has 0 radical (unpaired) electrons. The average Bonchev–Trinajstić information content (AvgIpc) is 2.98. The van der Waals surface area contributed by atoms with E-state index in [9.17, 15) is 4.79 Å². The molecule has 6 heteroatoms. The van der Waals surface area contributed by atoms with Gasteiger partial charge in [0.2, 0.25) is 0 Å². The molecule has 0 saturated carbocycles. The Labute approximate surface area is 142 Å². The fourth-order valence-corrected chi connectivity index (χ4v) is 2.87. The Hall–Kier alpha value is -2.24. The number of carboxylic acid groups (broad SMARTS) is 1. The topological polar surface area (TPSA) is 63.3 Å². The van der Waals surface area contributed by atoms with E-state index in [1.807, 2.05) is 48.5 Å². The SMILES string of the molecule is O=C(O)CSc1nc(-c2ccccc2)c(-c2ccccc2Cl)o1. The second kappa shape index (κ2) is 6.89. The van der Waals surface area contributed by atoms with Crippen LogP contribution >= 0.6 is 23.4 Å². The van der Waals surface area contributed by atoms with Gasteiger partial charge in [-0.15, -0.1) is 0 Å². The van der Waals surface area contributed by atoms with Crippen molar-refractivity contribution in [2.45, 2.75) is 5.22 Å². The van der Waals surface area contributed by atoms with E-state index < -0.39 is 5.97 Å². The quantitative estimate of drug-likeness (QED) is 0.670. The monoisotopic (exact) mass is 345 g/mol. The smallest absolute Gasteiger partial charge is 0.314 e. The summed E-state index contributed by atoms with van der Waals surface area (Å²) in [6.45, 7) is 0. The van der Waals surface area contributed by atoms with Gasteiger partial charge in [-0.25, -0.2) is 4.98 Å². The lowest BCUT2D eigenvalue weighted by atomic mass is 10.1. The van der Waals surface area contributed by atoms with Crippen LogP contribution < -0.4 is 0 Å². The molecule has 2 aromatic carbocycles. The molecule has 0 spiro atoms. The number of carboxylic acids is 1. The van der Waals surface area contributed by atoms with E-state index in [2.05, 4.69) is 4.98 Å². The van der Waals surface area contributed by atoms with Crippen molar-refractivity contribution in [3.63, 3.8) is 0 Å². The summed E-state index contributed by atoms with van der Waals surface area (Å²) in [6.07, 6.45) is 0. The Bertz CT molecular complexity index is 833. The summed E-state index contributed by atoms with van der Waals surface area (Å²) in [6, 6.07) is 16.9. The van der Waals surface area contributed by atoms with E-state index in [1.165, 1.54) is 0 Å². The van der Waals surface area contributed by atoms with Crippen LogP contribution in [0.1, 0.15) is 0 Å². The van der Waals surface area contributed by atoms with E-state index in [0.717, 1.165) is 22.9 Å². The van der Waals surface area contributed by atoms with Gasteiger partial charge in [-0.1, -0.05) is 65.8 Å². The molecular formula is C17H12ClNO3S. The summed E-state index contributed by atoms with van der Waals surface area (Å²) < 4.78 is 5.79. The van der Waals surface area contributed by atoms with Gasteiger partial charge >= 0.3 is 5.97 Å². The predicted octanol–water partition coefficient (Wildman–Crippen LogP) is 4.84. The zero-order chi connectivity index (χ0) is 16.2. The van der Waals surface area contributed by atoms with E-state index in [-0.39, 0.29) is 5.75 Å². The van der Waals surface area contributed by atoms with Gasteiger partial charge in [-0.3, -0.25) is 4.79 Å². The fraction of sp³-hybridized carbons (Fsp3) is 0.0588. The third kappa shape index (κ3) is 3.57. The summed E-state index contributed by atoms with van der Waals surface area (Å²) in [5.74, 6) is -0.500. The van der Waals surface area contributed by atoms with E-state index in [1.54, 1.807) is 6.07 Å². The zero-order valence-electron chi connectivity index (χ0n) is 11.9. The standard InChI is InChI=1S/C17H12ClNO3S/c18-13-9-5-4-8-12(13)16-15(11-6-2-1-3-7-11)19-17(22-16)23-10-14(20)21/h1-9H,10H2,(H,20,21). The lowest BCUT2D eigenvalue weighted by molar-refractivity contribution is -0.133. The molecule has 1 heterocycles. The maximum atomic E-state index is 10.7. The summed E-state index contributed by atoms with van der Waals surface area (Å²) >= 11 is 7.30. The molecule has 0 amide bonds. The van der Waals surface area contributed by atoms with E-state index in [4.69, 9.17) is 21.1 Å². The molecule has 1 N–H and O–H groups in total. The number of hydrogen-bond acceptors (Lipinski definition) is 4. The van der Waals surface area contributed by atoms with Crippen molar-refractivity contribution >= 4 is 29.3 Å². The summed E-state index contributed by atoms with van der Waals surface area (Å²) in [5, 5.41) is 9.68. The lowest BCUT2D eigenvalue weighted by Crippen LogP contribution is -1.97. The molecule has 0 atom stereocenters. The second-order valence-corrected chi connectivity index (χ2v) is 6.02. The Balaban J connectivity index is 2.09. The number of benzene rings is 2. The van der Waals surface area contributed by atoms with Crippen LogP contribution in [0, 0.1) is 0 Å². The zero-order valence-corrected chi connectivity index (χ0v) is 13.5. The molecule has 0 fully saturated rings. The number of aromatic nitrogens is 1. The number of rotatable bonds is 5. The predicted molar refractivity (Wildman–Crippen MR) is 90.7 cm³/mol. The van der Waals surface area contributed by atoms with Crippen molar-refractivity contribution in [3.05, 3.63) is 59.6 Å². The molecule has 0 aliphatic carbocycles. The summed E-state index contributed by atoms with van der Waals surface area (Å²) in [4.78, 5) is 15.2. The molecule has 0 saturated heterocycles. The van der Waals surface area contributed by atoms with Crippen LogP contribution in [0.25, 0.3) is 22.6 Å². The van der Waals surface area contributed by atoms with Crippen molar-refractivity contribution in [3.8, 4) is 22.6 Å². The minimum Gasteiger partial charge on any atom is -0.481 e. The van der Waals surface area contributed by atoms with Crippen LogP contribution in [-0.4, -0.2) is 21.8 Å². The van der Waals surface area contributed by atoms with Gasteiger partial charge in [0.25, 0.3) is 5.22 Å². The largest absolute Gasteiger partial charge is 0.481 e. The Morgan fingerprint density at radius 2 is 1.83 bits per heavy atom. The first-order valence-corrected chi connectivity index (χ1v) is 8.17. The van der Waals surface area contributed by atoms with Crippen molar-refractivity contribution in [1.29, 1.82) is 0 Å². The lowest BCUT2D eigenvalue weighted by Gasteiger charge is -2.03. The van der Waals surface area contributed by atoms with E-state index in [0.29, 0.717) is 21.7 Å². The molecular weight excluding hydrogens is 334 g/mol. The van der Waals surface area contributed by atoms with Crippen LogP contribution in [0.2, 0.25) is 5.02 Å². The third-order valence-corrected chi connectivity index (χ3v) is 4.23. The first kappa shape index (κ1) is 15.6. The normalized spacial score (nSPS) is 10.7. The number of thioether (sulfide) groups is 1. The van der Waals surface area contributed by atoms with Gasteiger partial charge in [0.1, 0.15) is 11.4 Å². The number of halogens is 1.